The van der Waals surface area contributed by atoms with Crippen LogP contribution in [0.4, 0.5) is 0 Å². The van der Waals surface area contributed by atoms with Crippen molar-refractivity contribution in [3.05, 3.63) is 99.6 Å². The van der Waals surface area contributed by atoms with Crippen LogP contribution in [0.15, 0.2) is 66.7 Å². The van der Waals surface area contributed by atoms with Gasteiger partial charge in [-0.05, 0) is 65.6 Å². The van der Waals surface area contributed by atoms with E-state index in [9.17, 15) is 9.59 Å². The number of ether oxygens (including phenoxy) is 1. The van der Waals surface area contributed by atoms with Gasteiger partial charge in [-0.25, -0.2) is 0 Å². The molecule has 5 nitrogen and oxygen atoms in total. The lowest BCUT2D eigenvalue weighted by Gasteiger charge is -2.44. The van der Waals surface area contributed by atoms with Gasteiger partial charge in [-0.1, -0.05) is 35.9 Å². The monoisotopic (exact) mass is 529 g/mol. The van der Waals surface area contributed by atoms with Gasteiger partial charge in [-0.3, -0.25) is 9.59 Å². The quantitative estimate of drug-likeness (QED) is 0.370. The van der Waals surface area contributed by atoms with Crippen molar-refractivity contribution in [2.24, 2.45) is 0 Å². The molecule has 1 saturated heterocycles. The first kappa shape index (κ1) is 25.1. The van der Waals surface area contributed by atoms with Gasteiger partial charge in [0, 0.05) is 42.0 Å². The van der Waals surface area contributed by atoms with E-state index in [1.165, 1.54) is 29.5 Å². The fourth-order valence-corrected chi connectivity index (χ4v) is 7.09. The van der Waals surface area contributed by atoms with Gasteiger partial charge in [0.1, 0.15) is 24.9 Å². The number of methoxy groups -OCH3 is 1. The maximum absolute atomic E-state index is 14.3. The maximum atomic E-state index is 14.3. The Morgan fingerprint density at radius 3 is 2.55 bits per heavy atom. The van der Waals surface area contributed by atoms with Crippen LogP contribution >= 0.6 is 11.6 Å². The van der Waals surface area contributed by atoms with Gasteiger partial charge in [0.15, 0.2) is 5.78 Å². The highest BCUT2D eigenvalue weighted by molar-refractivity contribution is 6.31. The Balaban J connectivity index is 1.34. The average Bonchev–Trinajstić information content (AvgIpc) is 3.52. The highest BCUT2D eigenvalue weighted by Gasteiger charge is 2.44. The minimum Gasteiger partial charge on any atom is -0.497 e. The van der Waals surface area contributed by atoms with E-state index in [1.54, 1.807) is 19.2 Å². The molecule has 6 heteroatoms. The third-order valence-electron chi connectivity index (χ3n) is 8.82. The van der Waals surface area contributed by atoms with Crippen molar-refractivity contribution in [2.45, 2.75) is 44.2 Å². The highest BCUT2D eigenvalue weighted by Crippen LogP contribution is 2.41. The molecule has 0 saturated carbocycles. The van der Waals surface area contributed by atoms with Gasteiger partial charge in [-0.15, -0.1) is 0 Å². The Morgan fingerprint density at radius 2 is 1.79 bits per heavy atom. The van der Waals surface area contributed by atoms with Crippen LogP contribution in [0.1, 0.15) is 63.8 Å². The van der Waals surface area contributed by atoms with Crippen LogP contribution in [0, 0.1) is 0 Å². The van der Waals surface area contributed by atoms with E-state index >= 15 is 0 Å². The first-order chi connectivity index (χ1) is 18.5. The molecule has 1 aliphatic carbocycles. The summed E-state index contributed by atoms with van der Waals surface area (Å²) in [6.45, 7) is 4.69. The Bertz CT molecular complexity index is 1360. The number of nitrogens with zero attached hydrogens (tertiary/aromatic N) is 2. The molecule has 3 aromatic rings. The van der Waals surface area contributed by atoms with Crippen LogP contribution in [0.3, 0.4) is 0 Å². The fraction of sp³-hybridized carbons (Fsp3) is 0.375. The van der Waals surface area contributed by atoms with Gasteiger partial charge >= 0.3 is 0 Å². The number of benzene rings is 3. The van der Waals surface area contributed by atoms with E-state index in [-0.39, 0.29) is 24.2 Å². The van der Waals surface area contributed by atoms with Gasteiger partial charge in [-0.2, -0.15) is 0 Å². The predicted molar refractivity (Wildman–Crippen MR) is 149 cm³/mol. The number of rotatable bonds is 6. The Kier molecular flexibility index (Phi) is 6.75. The zero-order chi connectivity index (χ0) is 26.3. The molecular weight excluding hydrogens is 496 g/mol. The number of hydrogen-bond acceptors (Lipinski definition) is 3. The molecule has 2 unspecified atom stereocenters. The Labute approximate surface area is 229 Å². The van der Waals surface area contributed by atoms with Crippen LogP contribution < -0.4 is 4.74 Å². The number of carbonyl (C=O) groups excluding carboxylic acids is 2. The second kappa shape index (κ2) is 10.2. The van der Waals surface area contributed by atoms with E-state index in [1.807, 2.05) is 18.2 Å². The average molecular weight is 530 g/mol. The summed E-state index contributed by atoms with van der Waals surface area (Å²) in [7, 11) is 1.69. The van der Waals surface area contributed by atoms with Crippen molar-refractivity contribution in [3.8, 4) is 5.75 Å². The molecule has 0 bridgehead atoms. The number of ketones is 1. The molecule has 0 aromatic heterocycles. The summed E-state index contributed by atoms with van der Waals surface area (Å²) in [5.74, 6) is 0.496. The minimum atomic E-state index is -0.461. The molecule has 3 aliphatic rings. The zero-order valence-corrected chi connectivity index (χ0v) is 22.6. The van der Waals surface area contributed by atoms with Crippen LogP contribution in [0.5, 0.6) is 5.75 Å². The van der Waals surface area contributed by atoms with Crippen LogP contribution in [0.25, 0.3) is 0 Å². The largest absolute Gasteiger partial charge is 0.497 e. The van der Waals surface area contributed by atoms with E-state index in [0.29, 0.717) is 17.1 Å². The number of quaternary nitrogens is 1. The summed E-state index contributed by atoms with van der Waals surface area (Å²) in [5.41, 5.74) is 5.30. The third-order valence-corrected chi connectivity index (χ3v) is 9.06. The molecule has 2 atom stereocenters. The topological polar surface area (TPSA) is 46.6 Å². The fourth-order valence-electron chi connectivity index (χ4n) is 6.91. The van der Waals surface area contributed by atoms with Crippen molar-refractivity contribution in [2.75, 3.05) is 33.3 Å². The number of likely N-dealkylation sites (tertiary alicyclic amines) is 1. The lowest BCUT2D eigenvalue weighted by atomic mass is 9.89. The van der Waals surface area contributed by atoms with Crippen molar-refractivity contribution in [1.29, 1.82) is 0 Å². The summed E-state index contributed by atoms with van der Waals surface area (Å²) in [4.78, 5) is 29.2. The van der Waals surface area contributed by atoms with Gasteiger partial charge < -0.3 is 14.1 Å². The molecule has 0 N–H and O–H groups in total. The van der Waals surface area contributed by atoms with Gasteiger partial charge in [0.2, 0.25) is 5.91 Å². The smallest absolute Gasteiger partial charge is 0.231 e. The Morgan fingerprint density at radius 1 is 1.03 bits per heavy atom. The summed E-state index contributed by atoms with van der Waals surface area (Å²) >= 11 is 6.30. The van der Waals surface area contributed by atoms with Crippen molar-refractivity contribution < 1.29 is 18.8 Å². The predicted octanol–water partition coefficient (Wildman–Crippen LogP) is 5.96. The van der Waals surface area contributed by atoms with Crippen molar-refractivity contribution >= 4 is 23.3 Å². The van der Waals surface area contributed by atoms with E-state index in [4.69, 9.17) is 16.3 Å². The normalized spacial score (nSPS) is 21.7. The highest BCUT2D eigenvalue weighted by atomic mass is 35.5. The number of fused-ring (bicyclic) bond motifs is 2. The number of carbonyl (C=O) groups is 2. The van der Waals surface area contributed by atoms with Crippen LogP contribution in [-0.4, -0.2) is 54.4 Å². The molecule has 3 aromatic carbocycles. The molecule has 6 rings (SSSR count). The van der Waals surface area contributed by atoms with E-state index < -0.39 is 5.92 Å². The molecule has 1 amide bonds. The number of amides is 1. The lowest BCUT2D eigenvalue weighted by Crippen LogP contribution is -2.53. The standard InChI is InChI=1S/C32H34ClN2O3/c1-38-25-11-8-22(9-12-25)20-35(16-4-5-17-35)21-30-26-7-3-2-6-23(26)14-15-34(30)32(37)29-19-31(36)27-13-10-24(33)18-28(27)29/h2-3,6-13,18,29-30H,4-5,14-17,19-21H2,1H3/q+1. The van der Waals surface area contributed by atoms with Gasteiger partial charge in [0.05, 0.1) is 26.1 Å². The van der Waals surface area contributed by atoms with E-state index in [0.717, 1.165) is 48.4 Å². The molecular formula is C32H34ClN2O3+. The van der Waals surface area contributed by atoms with Crippen molar-refractivity contribution in [1.82, 2.24) is 4.90 Å². The number of Topliss-reactive ketones (excluding diaryl/α,β-unsaturated/α-hetero) is 1. The molecule has 196 valence electrons. The van der Waals surface area contributed by atoms with Crippen LogP contribution in [0.2, 0.25) is 5.02 Å². The molecule has 0 spiro atoms. The number of hydrogen-bond donors (Lipinski definition) is 0. The second-order valence-corrected chi connectivity index (χ2v) is 11.5. The second-order valence-electron chi connectivity index (χ2n) is 11.1. The molecule has 38 heavy (non-hydrogen) atoms. The summed E-state index contributed by atoms with van der Waals surface area (Å²) in [6, 6.07) is 22.3. The summed E-state index contributed by atoms with van der Waals surface area (Å²) in [6.07, 6.45) is 3.45. The molecule has 1 fully saturated rings. The third kappa shape index (κ3) is 4.63. The van der Waals surface area contributed by atoms with Crippen LogP contribution in [-0.2, 0) is 17.8 Å². The summed E-state index contributed by atoms with van der Waals surface area (Å²) < 4.78 is 6.33. The van der Waals surface area contributed by atoms with E-state index in [2.05, 4.69) is 41.3 Å². The Hall–Kier alpha value is -3.15. The van der Waals surface area contributed by atoms with Crippen molar-refractivity contribution in [3.63, 3.8) is 0 Å². The molecule has 2 aliphatic heterocycles. The SMILES string of the molecule is COc1ccc(C[N+]2(CC3c4ccccc4CCN3C(=O)C3CC(=O)c4ccc(Cl)cc43)CCCC2)cc1. The number of halogens is 1. The van der Waals surface area contributed by atoms with Gasteiger partial charge in [0.25, 0.3) is 0 Å². The molecule has 0 radical (unpaired) electrons. The lowest BCUT2D eigenvalue weighted by molar-refractivity contribution is -0.932. The maximum Gasteiger partial charge on any atom is 0.231 e. The zero-order valence-electron chi connectivity index (χ0n) is 21.9. The summed E-state index contributed by atoms with van der Waals surface area (Å²) in [5, 5.41) is 0.567. The molecule has 2 heterocycles. The minimum absolute atomic E-state index is 0.0258. The first-order valence-electron chi connectivity index (χ1n) is 13.7. The first-order valence-corrected chi connectivity index (χ1v) is 14.0.